The summed E-state index contributed by atoms with van der Waals surface area (Å²) in [7, 11) is 2.45. The predicted octanol–water partition coefficient (Wildman–Crippen LogP) is 1.49. The third-order valence-electron chi connectivity index (χ3n) is 4.75. The number of aliphatic carboxylic acids is 2. The van der Waals surface area contributed by atoms with Gasteiger partial charge < -0.3 is 19.7 Å². The average molecular weight is 344 g/mol. The van der Waals surface area contributed by atoms with Gasteiger partial charge in [0.1, 0.15) is 0 Å². The number of hydrogen-bond acceptors (Lipinski definition) is 6. The number of carboxylic acids is 2. The largest absolute Gasteiger partial charge is 0.481 e. The Labute approximate surface area is 140 Å². The van der Waals surface area contributed by atoms with E-state index >= 15 is 0 Å². The van der Waals surface area contributed by atoms with Gasteiger partial charge in [-0.1, -0.05) is 13.8 Å². The van der Waals surface area contributed by atoms with E-state index in [1.54, 1.807) is 20.8 Å². The van der Waals surface area contributed by atoms with Crippen molar-refractivity contribution in [2.24, 2.45) is 16.7 Å². The third-order valence-corrected chi connectivity index (χ3v) is 4.75. The van der Waals surface area contributed by atoms with Crippen LogP contribution in [0, 0.1) is 16.7 Å². The number of carboxylic acid groups (broad SMARTS) is 2. The van der Waals surface area contributed by atoms with Crippen molar-refractivity contribution in [2.75, 3.05) is 14.2 Å². The van der Waals surface area contributed by atoms with E-state index in [-0.39, 0.29) is 0 Å². The second-order valence-electron chi connectivity index (χ2n) is 6.17. The summed E-state index contributed by atoms with van der Waals surface area (Å²) in [6.45, 7) is 5.10. The lowest BCUT2D eigenvalue weighted by Crippen LogP contribution is -2.42. The first-order valence-electron chi connectivity index (χ1n) is 7.24. The first kappa shape index (κ1) is 21.6. The molecule has 0 aromatic rings. The molecule has 136 valence electrons. The quantitative estimate of drug-likeness (QED) is 0.580. The van der Waals surface area contributed by atoms with Gasteiger partial charge in [-0.25, -0.2) is 9.59 Å². The number of carbonyl (C=O) groups excluding carboxylic acids is 2. The van der Waals surface area contributed by atoms with Crippen LogP contribution in [-0.4, -0.2) is 48.3 Å². The van der Waals surface area contributed by atoms with Crippen molar-refractivity contribution in [1.82, 2.24) is 0 Å². The fourth-order valence-electron chi connectivity index (χ4n) is 2.59. The number of methoxy groups -OCH3 is 2. The van der Waals surface area contributed by atoms with Gasteiger partial charge >= 0.3 is 23.9 Å². The van der Waals surface area contributed by atoms with Crippen LogP contribution < -0.4 is 0 Å². The molecular weight excluding hydrogens is 320 g/mol. The summed E-state index contributed by atoms with van der Waals surface area (Å²) in [6, 6.07) is 0. The Hall–Kier alpha value is -2.38. The third kappa shape index (κ3) is 4.81. The average Bonchev–Trinajstić information content (AvgIpc) is 2.76. The van der Waals surface area contributed by atoms with Crippen molar-refractivity contribution in [3.63, 3.8) is 0 Å². The molecule has 8 nitrogen and oxygen atoms in total. The Kier molecular flexibility index (Phi) is 7.63. The molecule has 0 aliphatic heterocycles. The molecule has 1 rings (SSSR count). The van der Waals surface area contributed by atoms with Gasteiger partial charge in [0.05, 0.1) is 25.6 Å². The minimum Gasteiger partial charge on any atom is -0.481 e. The second kappa shape index (κ2) is 8.47. The lowest BCUT2D eigenvalue weighted by atomic mass is 9.66. The normalized spacial score (nSPS) is 24.6. The molecule has 0 aromatic carbocycles. The minimum atomic E-state index is -0.921. The monoisotopic (exact) mass is 344 g/mol. The summed E-state index contributed by atoms with van der Waals surface area (Å²) in [5, 5.41) is 18.1. The van der Waals surface area contributed by atoms with Crippen molar-refractivity contribution in [2.45, 2.75) is 33.6 Å². The fraction of sp³-hybridized carbons (Fsp3) is 0.625. The molecule has 2 atom stereocenters. The van der Waals surface area contributed by atoms with Crippen LogP contribution in [0.1, 0.15) is 33.6 Å². The number of ether oxygens (including phenoxy) is 2. The Bertz CT molecular complexity index is 516. The molecule has 8 heteroatoms. The van der Waals surface area contributed by atoms with Gasteiger partial charge in [0.2, 0.25) is 0 Å². The minimum absolute atomic E-state index is 0.437. The van der Waals surface area contributed by atoms with Crippen LogP contribution in [0.15, 0.2) is 12.2 Å². The molecule has 24 heavy (non-hydrogen) atoms. The molecule has 0 saturated heterocycles. The highest BCUT2D eigenvalue weighted by atomic mass is 16.5. The zero-order valence-electron chi connectivity index (χ0n) is 14.5. The summed E-state index contributed by atoms with van der Waals surface area (Å²) >= 11 is 0. The first-order valence-corrected chi connectivity index (χ1v) is 7.24. The zero-order chi connectivity index (χ0) is 19.1. The van der Waals surface area contributed by atoms with Gasteiger partial charge in [-0.05, 0) is 25.2 Å². The van der Waals surface area contributed by atoms with Crippen LogP contribution in [0.4, 0.5) is 0 Å². The van der Waals surface area contributed by atoms with E-state index in [9.17, 15) is 19.2 Å². The summed E-state index contributed by atoms with van der Waals surface area (Å²) in [4.78, 5) is 42.7. The highest BCUT2D eigenvalue weighted by molar-refractivity contribution is 5.91. The topological polar surface area (TPSA) is 127 Å². The van der Waals surface area contributed by atoms with Crippen LogP contribution in [0.3, 0.4) is 0 Å². The maximum absolute atomic E-state index is 11.1. The number of rotatable bonds is 4. The van der Waals surface area contributed by atoms with E-state index in [2.05, 4.69) is 9.47 Å². The SMILES string of the molecule is CC1(C(=O)O)CCC(C(=O)O)C1(C)C.COC(=O)/C=C/C(=O)OC. The lowest BCUT2D eigenvalue weighted by Gasteiger charge is -2.36. The predicted molar refractivity (Wildman–Crippen MR) is 83.1 cm³/mol. The van der Waals surface area contributed by atoms with E-state index < -0.39 is 40.6 Å². The molecule has 2 unspecified atom stereocenters. The van der Waals surface area contributed by atoms with Gasteiger partial charge in [0, 0.05) is 12.2 Å². The standard InChI is InChI=1S/C10H16O4.C6H8O4/c1-9(2)6(7(11)12)4-5-10(9,3)8(13)14;1-9-5(7)3-4-6(8)10-2/h6H,4-5H2,1-3H3,(H,11,12)(H,13,14);3-4H,1-2H3/b;4-3+. The van der Waals surface area contributed by atoms with Crippen LogP contribution in [0.25, 0.3) is 0 Å². The summed E-state index contributed by atoms with van der Waals surface area (Å²) in [5.74, 6) is -3.49. The molecule has 0 radical (unpaired) electrons. The first-order chi connectivity index (χ1) is 10.9. The molecule has 0 bridgehead atoms. The second-order valence-corrected chi connectivity index (χ2v) is 6.17. The number of esters is 2. The zero-order valence-corrected chi connectivity index (χ0v) is 14.5. The molecule has 1 fully saturated rings. The Balaban J connectivity index is 0.000000470. The van der Waals surface area contributed by atoms with E-state index in [1.165, 1.54) is 14.2 Å². The van der Waals surface area contributed by atoms with Crippen molar-refractivity contribution in [3.8, 4) is 0 Å². The molecule has 0 amide bonds. The molecule has 1 saturated carbocycles. The Morgan fingerprint density at radius 1 is 0.958 bits per heavy atom. The van der Waals surface area contributed by atoms with E-state index in [0.717, 1.165) is 12.2 Å². The van der Waals surface area contributed by atoms with Crippen molar-refractivity contribution >= 4 is 23.9 Å². The summed E-state index contributed by atoms with van der Waals surface area (Å²) in [6.07, 6.45) is 2.87. The number of hydrogen-bond donors (Lipinski definition) is 2. The molecular formula is C16H24O8. The maximum atomic E-state index is 11.1. The van der Waals surface area contributed by atoms with Crippen molar-refractivity contribution in [1.29, 1.82) is 0 Å². The molecule has 0 heterocycles. The van der Waals surface area contributed by atoms with Crippen LogP contribution >= 0.6 is 0 Å². The van der Waals surface area contributed by atoms with Gasteiger partial charge in [-0.15, -0.1) is 0 Å². The van der Waals surface area contributed by atoms with Gasteiger partial charge in [0.25, 0.3) is 0 Å². The molecule has 1 aliphatic carbocycles. The molecule has 0 spiro atoms. The van der Waals surface area contributed by atoms with Crippen molar-refractivity contribution in [3.05, 3.63) is 12.2 Å². The molecule has 2 N–H and O–H groups in total. The summed E-state index contributed by atoms with van der Waals surface area (Å²) < 4.78 is 8.42. The van der Waals surface area contributed by atoms with Gasteiger partial charge in [-0.3, -0.25) is 9.59 Å². The van der Waals surface area contributed by atoms with Crippen LogP contribution in [0.2, 0.25) is 0 Å². The van der Waals surface area contributed by atoms with E-state index in [0.29, 0.717) is 12.8 Å². The lowest BCUT2D eigenvalue weighted by molar-refractivity contribution is -0.157. The van der Waals surface area contributed by atoms with E-state index in [4.69, 9.17) is 10.2 Å². The van der Waals surface area contributed by atoms with Crippen LogP contribution in [0.5, 0.6) is 0 Å². The smallest absolute Gasteiger partial charge is 0.330 e. The Morgan fingerprint density at radius 2 is 1.38 bits per heavy atom. The van der Waals surface area contributed by atoms with Gasteiger partial charge in [0.15, 0.2) is 0 Å². The highest BCUT2D eigenvalue weighted by Gasteiger charge is 2.58. The maximum Gasteiger partial charge on any atom is 0.330 e. The van der Waals surface area contributed by atoms with E-state index in [1.807, 2.05) is 0 Å². The fourth-order valence-corrected chi connectivity index (χ4v) is 2.59. The highest BCUT2D eigenvalue weighted by Crippen LogP contribution is 2.56. The Morgan fingerprint density at radius 3 is 1.58 bits per heavy atom. The van der Waals surface area contributed by atoms with Crippen LogP contribution in [-0.2, 0) is 28.7 Å². The number of carbonyl (C=O) groups is 4. The molecule has 0 aromatic heterocycles. The molecule has 1 aliphatic rings. The van der Waals surface area contributed by atoms with Crippen molar-refractivity contribution < 1.29 is 38.9 Å². The summed E-state index contributed by atoms with van der Waals surface area (Å²) in [5.41, 5.74) is -1.61. The van der Waals surface area contributed by atoms with Gasteiger partial charge in [-0.2, -0.15) is 0 Å².